The van der Waals surface area contributed by atoms with Gasteiger partial charge in [-0.15, -0.1) is 0 Å². The summed E-state index contributed by atoms with van der Waals surface area (Å²) in [5.41, 5.74) is 0.771. The van der Waals surface area contributed by atoms with Gasteiger partial charge >= 0.3 is 5.97 Å². The number of furan rings is 1. The highest BCUT2D eigenvalue weighted by Gasteiger charge is 2.24. The minimum absolute atomic E-state index is 0.256. The first-order chi connectivity index (χ1) is 10.3. The molecule has 0 radical (unpaired) electrons. The van der Waals surface area contributed by atoms with Crippen molar-refractivity contribution in [1.82, 2.24) is 14.5 Å². The van der Waals surface area contributed by atoms with Crippen molar-refractivity contribution in [3.8, 4) is 11.4 Å². The highest BCUT2D eigenvalue weighted by Crippen LogP contribution is 2.23. The maximum absolute atomic E-state index is 11.6. The number of hydrogen-bond acceptors (Lipinski definition) is 4. The fourth-order valence-electron chi connectivity index (χ4n) is 2.21. The topological polar surface area (TPSA) is 81.1 Å². The number of carboxylic acids is 1. The summed E-state index contributed by atoms with van der Waals surface area (Å²) in [6.45, 7) is 0. The fourth-order valence-corrected chi connectivity index (χ4v) is 2.21. The molecule has 6 heteroatoms. The summed E-state index contributed by atoms with van der Waals surface area (Å²) in [6.07, 6.45) is 8.35. The minimum Gasteiger partial charge on any atom is -0.480 e. The molecular weight excluding hydrogens is 270 g/mol. The van der Waals surface area contributed by atoms with Crippen molar-refractivity contribution in [1.29, 1.82) is 0 Å². The Labute approximate surface area is 120 Å². The van der Waals surface area contributed by atoms with Gasteiger partial charge in [0.2, 0.25) is 0 Å². The van der Waals surface area contributed by atoms with Crippen LogP contribution in [0.15, 0.2) is 59.7 Å². The zero-order valence-electron chi connectivity index (χ0n) is 11.1. The molecule has 6 nitrogen and oxygen atoms in total. The first-order valence-corrected chi connectivity index (χ1v) is 6.44. The lowest BCUT2D eigenvalue weighted by Crippen LogP contribution is -2.21. The summed E-state index contributed by atoms with van der Waals surface area (Å²) in [6, 6.07) is 6.35. The first kappa shape index (κ1) is 13.1. The Morgan fingerprint density at radius 3 is 2.90 bits per heavy atom. The van der Waals surface area contributed by atoms with Crippen LogP contribution in [-0.2, 0) is 11.2 Å². The number of aromatic nitrogens is 3. The van der Waals surface area contributed by atoms with Crippen LogP contribution in [-0.4, -0.2) is 25.6 Å². The van der Waals surface area contributed by atoms with E-state index in [4.69, 9.17) is 4.42 Å². The molecular formula is C15H13N3O3. The molecule has 0 aromatic carbocycles. The summed E-state index contributed by atoms with van der Waals surface area (Å²) >= 11 is 0. The van der Waals surface area contributed by atoms with Gasteiger partial charge in [0.05, 0.1) is 6.26 Å². The van der Waals surface area contributed by atoms with Gasteiger partial charge in [-0.1, -0.05) is 0 Å². The number of carboxylic acid groups (broad SMARTS) is 1. The predicted molar refractivity (Wildman–Crippen MR) is 74.5 cm³/mol. The third-order valence-electron chi connectivity index (χ3n) is 3.18. The Bertz CT molecular complexity index is 720. The Kier molecular flexibility index (Phi) is 3.51. The van der Waals surface area contributed by atoms with E-state index in [9.17, 15) is 9.90 Å². The van der Waals surface area contributed by atoms with E-state index in [-0.39, 0.29) is 6.42 Å². The molecule has 0 aliphatic heterocycles. The molecule has 1 atom stereocenters. The number of hydrogen-bond donors (Lipinski definition) is 1. The smallest absolute Gasteiger partial charge is 0.327 e. The van der Waals surface area contributed by atoms with Crippen LogP contribution in [0.1, 0.15) is 11.8 Å². The van der Waals surface area contributed by atoms with Gasteiger partial charge in [0, 0.05) is 36.8 Å². The molecule has 0 aliphatic rings. The van der Waals surface area contributed by atoms with Gasteiger partial charge in [-0.2, -0.15) is 0 Å². The summed E-state index contributed by atoms with van der Waals surface area (Å²) in [5, 5.41) is 9.51. The molecule has 3 rings (SSSR count). The lowest BCUT2D eigenvalue weighted by Gasteiger charge is -2.15. The Morgan fingerprint density at radius 1 is 1.33 bits per heavy atom. The van der Waals surface area contributed by atoms with Gasteiger partial charge in [-0.25, -0.2) is 9.78 Å². The van der Waals surface area contributed by atoms with Gasteiger partial charge in [0.25, 0.3) is 0 Å². The molecule has 1 N–H and O–H groups in total. The number of pyridine rings is 1. The van der Waals surface area contributed by atoms with Gasteiger partial charge in [0.15, 0.2) is 0 Å². The Balaban J connectivity index is 1.98. The second-order valence-corrected chi connectivity index (χ2v) is 4.54. The minimum atomic E-state index is -0.936. The van der Waals surface area contributed by atoms with Crippen LogP contribution in [0.25, 0.3) is 11.4 Å². The van der Waals surface area contributed by atoms with E-state index in [0.717, 1.165) is 5.56 Å². The standard InChI is InChI=1S/C15H13N3O3/c19-15(20)13(9-12-4-2-8-21-12)18-7-6-17-14(18)11-3-1-5-16-10-11/h1-8,10,13H,9H2,(H,19,20). The first-order valence-electron chi connectivity index (χ1n) is 6.44. The predicted octanol–water partition coefficient (Wildman–Crippen LogP) is 2.41. The lowest BCUT2D eigenvalue weighted by atomic mass is 10.1. The van der Waals surface area contributed by atoms with E-state index in [0.29, 0.717) is 11.6 Å². The van der Waals surface area contributed by atoms with E-state index in [2.05, 4.69) is 9.97 Å². The van der Waals surface area contributed by atoms with Crippen molar-refractivity contribution in [2.24, 2.45) is 0 Å². The zero-order chi connectivity index (χ0) is 14.7. The maximum Gasteiger partial charge on any atom is 0.327 e. The number of imidazole rings is 1. The third kappa shape index (κ3) is 2.69. The normalized spacial score (nSPS) is 12.2. The lowest BCUT2D eigenvalue weighted by molar-refractivity contribution is -0.140. The molecule has 21 heavy (non-hydrogen) atoms. The highest BCUT2D eigenvalue weighted by atomic mass is 16.4. The summed E-state index contributed by atoms with van der Waals surface area (Å²) in [5.74, 6) is 0.254. The van der Waals surface area contributed by atoms with Crippen LogP contribution in [0, 0.1) is 0 Å². The average Bonchev–Trinajstić information content (AvgIpc) is 3.17. The van der Waals surface area contributed by atoms with Crippen LogP contribution in [0.3, 0.4) is 0 Å². The van der Waals surface area contributed by atoms with Crippen LogP contribution >= 0.6 is 0 Å². The van der Waals surface area contributed by atoms with E-state index in [1.165, 1.54) is 6.26 Å². The second kappa shape index (κ2) is 5.62. The van der Waals surface area contributed by atoms with E-state index in [1.54, 1.807) is 47.6 Å². The van der Waals surface area contributed by atoms with Gasteiger partial charge < -0.3 is 14.1 Å². The molecule has 3 aromatic rings. The molecule has 0 amide bonds. The highest BCUT2D eigenvalue weighted by molar-refractivity contribution is 5.73. The van der Waals surface area contributed by atoms with Gasteiger partial charge in [0.1, 0.15) is 17.6 Å². The average molecular weight is 283 g/mol. The largest absolute Gasteiger partial charge is 0.480 e. The summed E-state index contributed by atoms with van der Waals surface area (Å²) < 4.78 is 6.88. The van der Waals surface area contributed by atoms with Crippen LogP contribution in [0.5, 0.6) is 0 Å². The van der Waals surface area contributed by atoms with Crippen molar-refractivity contribution in [3.63, 3.8) is 0 Å². The number of carbonyl (C=O) groups is 1. The molecule has 0 saturated heterocycles. The SMILES string of the molecule is O=C(O)C(Cc1ccco1)n1ccnc1-c1cccnc1. The Morgan fingerprint density at radius 2 is 2.24 bits per heavy atom. The van der Waals surface area contributed by atoms with E-state index >= 15 is 0 Å². The van der Waals surface area contributed by atoms with Gasteiger partial charge in [-0.3, -0.25) is 4.98 Å². The molecule has 1 unspecified atom stereocenters. The molecule has 106 valence electrons. The van der Waals surface area contributed by atoms with Crippen molar-refractivity contribution in [3.05, 3.63) is 61.1 Å². The van der Waals surface area contributed by atoms with Gasteiger partial charge in [-0.05, 0) is 24.3 Å². The third-order valence-corrected chi connectivity index (χ3v) is 3.18. The van der Waals surface area contributed by atoms with E-state index in [1.807, 2.05) is 6.07 Å². The van der Waals surface area contributed by atoms with Crippen LogP contribution < -0.4 is 0 Å². The number of nitrogens with zero attached hydrogens (tertiary/aromatic N) is 3. The molecule has 3 heterocycles. The summed E-state index contributed by atoms with van der Waals surface area (Å²) in [7, 11) is 0. The van der Waals surface area contributed by atoms with Crippen molar-refractivity contribution in [2.45, 2.75) is 12.5 Å². The second-order valence-electron chi connectivity index (χ2n) is 4.54. The number of aliphatic carboxylic acids is 1. The molecule has 0 aliphatic carbocycles. The molecule has 0 saturated carbocycles. The monoisotopic (exact) mass is 283 g/mol. The maximum atomic E-state index is 11.6. The molecule has 3 aromatic heterocycles. The summed E-state index contributed by atoms with van der Waals surface area (Å²) in [4.78, 5) is 19.9. The molecule has 0 fully saturated rings. The van der Waals surface area contributed by atoms with Crippen LogP contribution in [0.4, 0.5) is 0 Å². The van der Waals surface area contributed by atoms with Crippen LogP contribution in [0.2, 0.25) is 0 Å². The quantitative estimate of drug-likeness (QED) is 0.777. The molecule has 0 bridgehead atoms. The number of rotatable bonds is 5. The van der Waals surface area contributed by atoms with Crippen molar-refractivity contribution >= 4 is 5.97 Å². The van der Waals surface area contributed by atoms with Crippen molar-refractivity contribution in [2.75, 3.05) is 0 Å². The zero-order valence-corrected chi connectivity index (χ0v) is 11.1. The molecule has 0 spiro atoms. The fraction of sp³-hybridized carbons (Fsp3) is 0.133. The van der Waals surface area contributed by atoms with Crippen molar-refractivity contribution < 1.29 is 14.3 Å². The van der Waals surface area contributed by atoms with E-state index < -0.39 is 12.0 Å². The Hall–Kier alpha value is -2.89.